The van der Waals surface area contributed by atoms with Gasteiger partial charge < -0.3 is 14.3 Å². The molecular formula is C8H6N2O3. The molecule has 1 amide bonds. The number of carbonyl (C=O) groups excluding carboxylic acids is 1. The average molecular weight is 178 g/mol. The van der Waals surface area contributed by atoms with E-state index in [-0.39, 0.29) is 5.91 Å². The Bertz CT molecular complexity index is 377. The number of nitrogens with zero attached hydrogens (tertiary/aromatic N) is 1. The summed E-state index contributed by atoms with van der Waals surface area (Å²) in [5, 5.41) is 6.05. The van der Waals surface area contributed by atoms with Gasteiger partial charge in [0.2, 0.25) is 0 Å². The van der Waals surface area contributed by atoms with E-state index in [2.05, 4.69) is 15.0 Å². The largest absolute Gasteiger partial charge is 0.472 e. The highest BCUT2D eigenvalue weighted by atomic mass is 16.5. The summed E-state index contributed by atoms with van der Waals surface area (Å²) in [6.07, 6.45) is 4.16. The monoisotopic (exact) mass is 178 g/mol. The lowest BCUT2D eigenvalue weighted by Gasteiger charge is -1.95. The molecule has 13 heavy (non-hydrogen) atoms. The van der Waals surface area contributed by atoms with E-state index >= 15 is 0 Å². The molecule has 0 saturated carbocycles. The Morgan fingerprint density at radius 3 is 2.92 bits per heavy atom. The van der Waals surface area contributed by atoms with E-state index in [1.807, 2.05) is 0 Å². The number of hydrogen-bond donors (Lipinski definition) is 1. The van der Waals surface area contributed by atoms with Gasteiger partial charge in [0.15, 0.2) is 5.82 Å². The molecule has 2 aromatic rings. The molecule has 2 rings (SSSR count). The Kier molecular flexibility index (Phi) is 1.84. The first-order valence-corrected chi connectivity index (χ1v) is 3.60. The zero-order valence-electron chi connectivity index (χ0n) is 6.56. The van der Waals surface area contributed by atoms with Crippen molar-refractivity contribution in [2.75, 3.05) is 5.32 Å². The molecule has 5 nitrogen and oxygen atoms in total. The van der Waals surface area contributed by atoms with Gasteiger partial charge in [-0.2, -0.15) is 0 Å². The molecular weight excluding hydrogens is 172 g/mol. The van der Waals surface area contributed by atoms with Crippen molar-refractivity contribution >= 4 is 11.7 Å². The molecule has 66 valence electrons. The van der Waals surface area contributed by atoms with E-state index in [0.29, 0.717) is 11.4 Å². The Hall–Kier alpha value is -2.04. The first kappa shape index (κ1) is 7.60. The van der Waals surface area contributed by atoms with Crippen molar-refractivity contribution in [3.63, 3.8) is 0 Å². The van der Waals surface area contributed by atoms with E-state index in [9.17, 15) is 4.79 Å². The van der Waals surface area contributed by atoms with Crippen LogP contribution in [0.5, 0.6) is 0 Å². The van der Waals surface area contributed by atoms with Gasteiger partial charge in [0, 0.05) is 6.07 Å². The smallest absolute Gasteiger partial charge is 0.260 e. The Balaban J connectivity index is 2.08. The summed E-state index contributed by atoms with van der Waals surface area (Å²) in [6.45, 7) is 0. The SMILES string of the molecule is O=C(Nc1ccon1)c1ccoc1. The van der Waals surface area contributed by atoms with E-state index in [1.54, 1.807) is 12.1 Å². The van der Waals surface area contributed by atoms with Crippen LogP contribution in [0, 0.1) is 0 Å². The van der Waals surface area contributed by atoms with Crippen molar-refractivity contribution in [2.45, 2.75) is 0 Å². The summed E-state index contributed by atoms with van der Waals surface area (Å²) in [5.41, 5.74) is 0.447. The lowest BCUT2D eigenvalue weighted by atomic mass is 10.3. The topological polar surface area (TPSA) is 68.3 Å². The normalized spacial score (nSPS) is 9.85. The van der Waals surface area contributed by atoms with Crippen LogP contribution in [0.1, 0.15) is 10.4 Å². The highest BCUT2D eigenvalue weighted by Gasteiger charge is 2.07. The predicted octanol–water partition coefficient (Wildman–Crippen LogP) is 1.52. The summed E-state index contributed by atoms with van der Waals surface area (Å²) in [7, 11) is 0. The molecule has 0 radical (unpaired) electrons. The highest BCUT2D eigenvalue weighted by molar-refractivity contribution is 6.03. The molecule has 2 heterocycles. The second-order valence-electron chi connectivity index (χ2n) is 2.35. The average Bonchev–Trinajstić information content (AvgIpc) is 2.74. The van der Waals surface area contributed by atoms with Crippen molar-refractivity contribution in [1.82, 2.24) is 5.16 Å². The molecule has 0 fully saturated rings. The number of nitrogens with one attached hydrogen (secondary N) is 1. The molecule has 0 spiro atoms. The maximum absolute atomic E-state index is 11.3. The van der Waals surface area contributed by atoms with Gasteiger partial charge in [0.05, 0.1) is 11.8 Å². The van der Waals surface area contributed by atoms with Crippen LogP contribution in [0.2, 0.25) is 0 Å². The third-order valence-corrected chi connectivity index (χ3v) is 1.46. The van der Waals surface area contributed by atoms with Crippen LogP contribution in [-0.4, -0.2) is 11.1 Å². The van der Waals surface area contributed by atoms with Crippen LogP contribution >= 0.6 is 0 Å². The molecule has 0 aromatic carbocycles. The van der Waals surface area contributed by atoms with Crippen molar-refractivity contribution < 1.29 is 13.7 Å². The second-order valence-corrected chi connectivity index (χ2v) is 2.35. The summed E-state index contributed by atoms with van der Waals surface area (Å²) in [5.74, 6) is 0.105. The highest BCUT2D eigenvalue weighted by Crippen LogP contribution is 2.06. The lowest BCUT2D eigenvalue weighted by molar-refractivity contribution is 0.102. The van der Waals surface area contributed by atoms with Gasteiger partial charge in [0.25, 0.3) is 5.91 Å². The quantitative estimate of drug-likeness (QED) is 0.756. The van der Waals surface area contributed by atoms with Crippen LogP contribution in [-0.2, 0) is 0 Å². The third-order valence-electron chi connectivity index (χ3n) is 1.46. The van der Waals surface area contributed by atoms with Crippen LogP contribution in [0.15, 0.2) is 39.9 Å². The number of amides is 1. The summed E-state index contributed by atoms with van der Waals surface area (Å²) in [4.78, 5) is 11.3. The molecule has 5 heteroatoms. The van der Waals surface area contributed by atoms with Gasteiger partial charge in [-0.05, 0) is 6.07 Å². The fourth-order valence-electron chi connectivity index (χ4n) is 0.859. The number of rotatable bonds is 2. The molecule has 0 aliphatic rings. The number of anilines is 1. The predicted molar refractivity (Wildman–Crippen MR) is 43.2 cm³/mol. The molecule has 0 unspecified atom stereocenters. The lowest BCUT2D eigenvalue weighted by Crippen LogP contribution is -2.10. The van der Waals surface area contributed by atoms with Crippen LogP contribution in [0.3, 0.4) is 0 Å². The molecule has 1 N–H and O–H groups in total. The van der Waals surface area contributed by atoms with Crippen LogP contribution in [0.4, 0.5) is 5.82 Å². The second kappa shape index (κ2) is 3.14. The van der Waals surface area contributed by atoms with E-state index in [1.165, 1.54) is 18.8 Å². The number of hydrogen-bond acceptors (Lipinski definition) is 4. The molecule has 0 atom stereocenters. The van der Waals surface area contributed by atoms with Gasteiger partial charge in [0.1, 0.15) is 12.5 Å². The Labute approximate surface area is 73.3 Å². The summed E-state index contributed by atoms with van der Waals surface area (Å²) >= 11 is 0. The van der Waals surface area contributed by atoms with E-state index < -0.39 is 0 Å². The first-order valence-electron chi connectivity index (χ1n) is 3.60. The van der Waals surface area contributed by atoms with Gasteiger partial charge in [-0.15, -0.1) is 0 Å². The minimum Gasteiger partial charge on any atom is -0.472 e. The Morgan fingerprint density at radius 1 is 1.38 bits per heavy atom. The minimum atomic E-state index is -0.275. The molecule has 0 aliphatic heterocycles. The maximum atomic E-state index is 11.3. The molecule has 2 aromatic heterocycles. The van der Waals surface area contributed by atoms with E-state index in [4.69, 9.17) is 4.42 Å². The fourth-order valence-corrected chi connectivity index (χ4v) is 0.859. The van der Waals surface area contributed by atoms with E-state index in [0.717, 1.165) is 0 Å². The minimum absolute atomic E-state index is 0.275. The standard InChI is InChI=1S/C8H6N2O3/c11-8(6-1-3-12-5-6)9-7-2-4-13-10-7/h1-5H,(H,9,10,11). The fraction of sp³-hybridized carbons (Fsp3) is 0. The molecule has 0 saturated heterocycles. The summed E-state index contributed by atoms with van der Waals surface area (Å²) < 4.78 is 9.29. The zero-order valence-corrected chi connectivity index (χ0v) is 6.56. The Morgan fingerprint density at radius 2 is 2.31 bits per heavy atom. The first-order chi connectivity index (χ1) is 6.36. The van der Waals surface area contributed by atoms with Gasteiger partial charge in [-0.1, -0.05) is 5.16 Å². The third kappa shape index (κ3) is 1.58. The molecule has 0 aliphatic carbocycles. The van der Waals surface area contributed by atoms with Crippen LogP contribution < -0.4 is 5.32 Å². The number of aromatic nitrogens is 1. The van der Waals surface area contributed by atoms with Crippen molar-refractivity contribution in [3.05, 3.63) is 36.5 Å². The van der Waals surface area contributed by atoms with Crippen molar-refractivity contribution in [3.8, 4) is 0 Å². The molecule has 0 bridgehead atoms. The summed E-state index contributed by atoms with van der Waals surface area (Å²) in [6, 6.07) is 3.12. The van der Waals surface area contributed by atoms with Crippen LogP contribution in [0.25, 0.3) is 0 Å². The van der Waals surface area contributed by atoms with Gasteiger partial charge >= 0.3 is 0 Å². The van der Waals surface area contributed by atoms with Crippen molar-refractivity contribution in [2.24, 2.45) is 0 Å². The van der Waals surface area contributed by atoms with Gasteiger partial charge in [-0.3, -0.25) is 4.79 Å². The van der Waals surface area contributed by atoms with Crippen molar-refractivity contribution in [1.29, 1.82) is 0 Å². The number of furan rings is 1. The maximum Gasteiger partial charge on any atom is 0.260 e. The zero-order chi connectivity index (χ0) is 9.10. The number of carbonyl (C=O) groups is 1. The van der Waals surface area contributed by atoms with Gasteiger partial charge in [-0.25, -0.2) is 0 Å².